The first-order valence-electron chi connectivity index (χ1n) is 8.75. The van der Waals surface area contributed by atoms with E-state index in [2.05, 4.69) is 23.3 Å². The van der Waals surface area contributed by atoms with Crippen LogP contribution in [0, 0.1) is 0 Å². The maximum atomic E-state index is 12.3. The molecule has 1 rings (SSSR count). The molecule has 138 valence electrons. The molecule has 0 bridgehead atoms. The fraction of sp³-hybridized carbons (Fsp3) is 0.500. The lowest BCUT2D eigenvalue weighted by Gasteiger charge is -2.24. The minimum absolute atomic E-state index is 0.420. The lowest BCUT2D eigenvalue weighted by atomic mass is 10.1. The van der Waals surface area contributed by atoms with Crippen LogP contribution in [-0.2, 0) is 4.74 Å². The zero-order chi connectivity index (χ0) is 18.9. The van der Waals surface area contributed by atoms with E-state index in [0.29, 0.717) is 0 Å². The molecule has 0 atom stereocenters. The third-order valence-corrected chi connectivity index (χ3v) is 5.00. The van der Waals surface area contributed by atoms with Crippen LogP contribution < -0.4 is 5.32 Å². The first-order valence-corrected chi connectivity index (χ1v) is 9.56. The maximum absolute atomic E-state index is 12.3. The van der Waals surface area contributed by atoms with Crippen molar-refractivity contribution in [3.8, 4) is 0 Å². The monoisotopic (exact) mass is 362 g/mol. The van der Waals surface area contributed by atoms with Crippen molar-refractivity contribution < 1.29 is 9.53 Å². The van der Waals surface area contributed by atoms with E-state index in [9.17, 15) is 4.79 Å². The number of allylic oxidation sites excluding steroid dienone is 2. The molecule has 0 aliphatic rings. The molecule has 0 radical (unpaired) electrons. The van der Waals surface area contributed by atoms with Gasteiger partial charge in [-0.1, -0.05) is 44.2 Å². The van der Waals surface area contributed by atoms with Crippen LogP contribution in [0.25, 0.3) is 4.91 Å². The molecule has 0 saturated carbocycles. The Morgan fingerprint density at radius 1 is 1.36 bits per heavy atom. The van der Waals surface area contributed by atoms with Gasteiger partial charge in [0.05, 0.1) is 5.03 Å². The fourth-order valence-corrected chi connectivity index (χ4v) is 2.80. The van der Waals surface area contributed by atoms with Crippen LogP contribution in [0.4, 0.5) is 4.79 Å². The maximum Gasteiger partial charge on any atom is 0.412 e. The molecule has 0 fully saturated rings. The topological polar surface area (TPSA) is 51.2 Å². The van der Waals surface area contributed by atoms with Crippen LogP contribution in [0.3, 0.4) is 0 Å². The molecule has 0 aromatic carbocycles. The summed E-state index contributed by atoms with van der Waals surface area (Å²) in [7, 11) is 0. The lowest BCUT2D eigenvalue weighted by Crippen LogP contribution is -2.33. The third kappa shape index (κ3) is 7.78. The number of carbonyl (C=O) groups excluding carboxylic acids is 1. The predicted molar refractivity (Wildman–Crippen MR) is 107 cm³/mol. The van der Waals surface area contributed by atoms with Crippen molar-refractivity contribution in [2.75, 3.05) is 0 Å². The number of hydrogen-bond donors (Lipinski definition) is 1. The molecule has 1 aromatic heterocycles. The molecule has 1 N–H and O–H groups in total. The smallest absolute Gasteiger partial charge is 0.412 e. The Morgan fingerprint density at radius 3 is 2.60 bits per heavy atom. The van der Waals surface area contributed by atoms with E-state index in [1.54, 1.807) is 18.0 Å². The molecule has 0 aliphatic carbocycles. The van der Waals surface area contributed by atoms with Gasteiger partial charge in [0.2, 0.25) is 0 Å². The summed E-state index contributed by atoms with van der Waals surface area (Å²) in [6.45, 7) is 11.9. The molecule has 1 amide bonds. The van der Waals surface area contributed by atoms with Crippen molar-refractivity contribution in [1.29, 1.82) is 0 Å². The van der Waals surface area contributed by atoms with Crippen LogP contribution in [0.15, 0.2) is 41.2 Å². The average molecular weight is 363 g/mol. The highest BCUT2D eigenvalue weighted by atomic mass is 32.2. The van der Waals surface area contributed by atoms with Crippen molar-refractivity contribution in [2.45, 2.75) is 66.4 Å². The van der Waals surface area contributed by atoms with Gasteiger partial charge in [0.1, 0.15) is 5.60 Å². The van der Waals surface area contributed by atoms with E-state index in [4.69, 9.17) is 4.74 Å². The second kappa shape index (κ2) is 10.3. The summed E-state index contributed by atoms with van der Waals surface area (Å²) in [5.41, 5.74) is 1.59. The molecule has 1 aromatic rings. The lowest BCUT2D eigenvalue weighted by molar-refractivity contribution is 0.0383. The summed E-state index contributed by atoms with van der Waals surface area (Å²) in [4.78, 5) is 17.5. The first kappa shape index (κ1) is 21.3. The van der Waals surface area contributed by atoms with E-state index >= 15 is 0 Å². The number of nitrogens with zero attached hydrogens (tertiary/aromatic N) is 1. The van der Waals surface area contributed by atoms with Gasteiger partial charge in [-0.15, -0.1) is 0 Å². The van der Waals surface area contributed by atoms with Crippen molar-refractivity contribution in [1.82, 2.24) is 10.3 Å². The standard InChI is InChI=1S/C20H30N2O2S/c1-7-9-12-17(16-11-10-13-21-14-16)25-18(15(3)4)22-19(23)24-20(5,6)8-2/h10-14H,7-9H2,1-6H3,(H,22,23)/b17-12+. The summed E-state index contributed by atoms with van der Waals surface area (Å²) in [5, 5.41) is 3.70. The van der Waals surface area contributed by atoms with Crippen molar-refractivity contribution >= 4 is 22.8 Å². The normalized spacial score (nSPS) is 11.8. The van der Waals surface area contributed by atoms with Gasteiger partial charge in [0.25, 0.3) is 0 Å². The van der Waals surface area contributed by atoms with E-state index in [-0.39, 0.29) is 0 Å². The molecule has 4 nitrogen and oxygen atoms in total. The Bertz CT molecular complexity index is 618. The summed E-state index contributed by atoms with van der Waals surface area (Å²) < 4.78 is 5.51. The fourth-order valence-electron chi connectivity index (χ4n) is 1.81. The number of unbranched alkanes of at least 4 members (excludes halogenated alkanes) is 1. The highest BCUT2D eigenvalue weighted by Gasteiger charge is 2.21. The summed E-state index contributed by atoms with van der Waals surface area (Å²) >= 11 is 1.54. The van der Waals surface area contributed by atoms with E-state index in [1.165, 1.54) is 0 Å². The van der Waals surface area contributed by atoms with Gasteiger partial charge in [0.15, 0.2) is 0 Å². The molecule has 0 unspecified atom stereocenters. The number of pyridine rings is 1. The van der Waals surface area contributed by atoms with Gasteiger partial charge in [-0.05, 0) is 52.2 Å². The quantitative estimate of drug-likeness (QED) is 0.605. The van der Waals surface area contributed by atoms with E-state index < -0.39 is 11.7 Å². The number of amides is 1. The molecule has 0 aliphatic heterocycles. The molecule has 5 heteroatoms. The molecule has 1 heterocycles. The second-order valence-electron chi connectivity index (χ2n) is 6.66. The van der Waals surface area contributed by atoms with Crippen LogP contribution in [0.2, 0.25) is 0 Å². The van der Waals surface area contributed by atoms with Crippen LogP contribution in [-0.4, -0.2) is 16.7 Å². The SMILES string of the molecule is CCC/C=C(/SC(NC(=O)OC(C)(C)CC)=C(C)C)c1cccnc1. The Balaban J connectivity index is 2.95. The summed E-state index contributed by atoms with van der Waals surface area (Å²) in [6, 6.07) is 3.95. The molecule has 25 heavy (non-hydrogen) atoms. The Labute approximate surface area is 156 Å². The van der Waals surface area contributed by atoms with Gasteiger partial charge in [-0.2, -0.15) is 0 Å². The Morgan fingerprint density at radius 2 is 2.08 bits per heavy atom. The minimum atomic E-state index is -0.480. The van der Waals surface area contributed by atoms with Crippen molar-refractivity contribution in [3.05, 3.63) is 46.8 Å². The predicted octanol–water partition coefficient (Wildman–Crippen LogP) is 6.12. The van der Waals surface area contributed by atoms with Crippen LogP contribution in [0.1, 0.15) is 66.4 Å². The Hall–Kier alpha value is -1.75. The van der Waals surface area contributed by atoms with Gasteiger partial charge < -0.3 is 4.74 Å². The van der Waals surface area contributed by atoms with E-state index in [1.807, 2.05) is 52.9 Å². The number of alkyl carbamates (subject to hydrolysis) is 1. The van der Waals surface area contributed by atoms with Gasteiger partial charge in [-0.3, -0.25) is 10.3 Å². The number of aromatic nitrogens is 1. The summed E-state index contributed by atoms with van der Waals surface area (Å²) in [5.74, 6) is 0. The third-order valence-electron chi connectivity index (χ3n) is 3.67. The molecular weight excluding hydrogens is 332 g/mol. The summed E-state index contributed by atoms with van der Waals surface area (Å²) in [6.07, 6.45) is 8.17. The number of hydrogen-bond acceptors (Lipinski definition) is 4. The first-order chi connectivity index (χ1) is 11.8. The molecule has 0 spiro atoms. The number of nitrogens with one attached hydrogen (secondary N) is 1. The zero-order valence-corrected chi connectivity index (χ0v) is 17.0. The van der Waals surface area contributed by atoms with Gasteiger partial charge in [-0.25, -0.2) is 4.79 Å². The highest BCUT2D eigenvalue weighted by molar-refractivity contribution is 8.11. The largest absolute Gasteiger partial charge is 0.443 e. The average Bonchev–Trinajstić information content (AvgIpc) is 2.57. The minimum Gasteiger partial charge on any atom is -0.443 e. The van der Waals surface area contributed by atoms with Crippen LogP contribution in [0.5, 0.6) is 0 Å². The number of rotatable bonds is 8. The van der Waals surface area contributed by atoms with Gasteiger partial charge >= 0.3 is 6.09 Å². The highest BCUT2D eigenvalue weighted by Crippen LogP contribution is 2.34. The molecular formula is C20H30N2O2S. The van der Waals surface area contributed by atoms with Crippen molar-refractivity contribution in [3.63, 3.8) is 0 Å². The molecule has 0 saturated heterocycles. The van der Waals surface area contributed by atoms with E-state index in [0.717, 1.165) is 40.3 Å². The van der Waals surface area contributed by atoms with Gasteiger partial charge in [0, 0.05) is 22.9 Å². The zero-order valence-electron chi connectivity index (χ0n) is 16.2. The van der Waals surface area contributed by atoms with Crippen molar-refractivity contribution in [2.24, 2.45) is 0 Å². The number of carbonyl (C=O) groups is 1. The Kier molecular flexibility index (Phi) is 8.76. The second-order valence-corrected chi connectivity index (χ2v) is 7.71. The van der Waals surface area contributed by atoms with Crippen LogP contribution >= 0.6 is 11.8 Å². The number of thioether (sulfide) groups is 1. The number of ether oxygens (including phenoxy) is 1.